The van der Waals surface area contributed by atoms with Gasteiger partial charge in [-0.1, -0.05) is 12.1 Å². The summed E-state index contributed by atoms with van der Waals surface area (Å²) in [6.07, 6.45) is 3.73. The van der Waals surface area contributed by atoms with E-state index in [9.17, 15) is 9.18 Å². The first kappa shape index (κ1) is 14.1. The van der Waals surface area contributed by atoms with Crippen molar-refractivity contribution in [2.45, 2.75) is 13.3 Å². The molecule has 1 N–H and O–H groups in total. The van der Waals surface area contributed by atoms with E-state index in [-0.39, 0.29) is 11.7 Å². The molecular formula is C16H16FNO2. The van der Waals surface area contributed by atoms with Crippen molar-refractivity contribution in [3.05, 3.63) is 65.4 Å². The Hall–Kier alpha value is -2.36. The standard InChI is InChI=1S/C16H16FNO2/c1-12-2-7-15(20-12)8-9-16(19)18-11-10-13-3-5-14(17)6-4-13/h2-9H,10-11H2,1H3,(H,18,19)/b9-8+. The number of carbonyl (C=O) groups is 1. The van der Waals surface area contributed by atoms with Crippen molar-refractivity contribution >= 4 is 12.0 Å². The van der Waals surface area contributed by atoms with E-state index in [1.807, 2.05) is 13.0 Å². The molecule has 0 aliphatic heterocycles. The summed E-state index contributed by atoms with van der Waals surface area (Å²) in [5, 5.41) is 2.76. The van der Waals surface area contributed by atoms with Crippen LogP contribution in [0.1, 0.15) is 17.1 Å². The highest BCUT2D eigenvalue weighted by molar-refractivity contribution is 5.91. The Morgan fingerprint density at radius 1 is 1.25 bits per heavy atom. The van der Waals surface area contributed by atoms with Crippen LogP contribution in [0.4, 0.5) is 4.39 Å². The molecule has 104 valence electrons. The van der Waals surface area contributed by atoms with E-state index in [2.05, 4.69) is 5.32 Å². The molecule has 20 heavy (non-hydrogen) atoms. The lowest BCUT2D eigenvalue weighted by Crippen LogP contribution is -2.23. The normalized spacial score (nSPS) is 10.9. The number of amides is 1. The van der Waals surface area contributed by atoms with Gasteiger partial charge in [0.1, 0.15) is 17.3 Å². The molecule has 0 bridgehead atoms. The van der Waals surface area contributed by atoms with Gasteiger partial charge < -0.3 is 9.73 Å². The third-order valence-electron chi connectivity index (χ3n) is 2.79. The van der Waals surface area contributed by atoms with E-state index < -0.39 is 0 Å². The number of benzene rings is 1. The van der Waals surface area contributed by atoms with Crippen molar-refractivity contribution < 1.29 is 13.6 Å². The Morgan fingerprint density at radius 3 is 2.65 bits per heavy atom. The molecule has 1 amide bonds. The molecule has 1 aromatic heterocycles. The van der Waals surface area contributed by atoms with Crippen molar-refractivity contribution in [2.75, 3.05) is 6.54 Å². The second kappa shape index (κ2) is 6.70. The van der Waals surface area contributed by atoms with Crippen LogP contribution in [0.2, 0.25) is 0 Å². The van der Waals surface area contributed by atoms with Crippen LogP contribution in [0.15, 0.2) is 46.9 Å². The van der Waals surface area contributed by atoms with E-state index in [1.165, 1.54) is 18.2 Å². The van der Waals surface area contributed by atoms with Gasteiger partial charge in [-0.05, 0) is 49.2 Å². The number of carbonyl (C=O) groups excluding carboxylic acids is 1. The molecule has 0 aliphatic rings. The molecule has 3 nitrogen and oxygen atoms in total. The predicted molar refractivity (Wildman–Crippen MR) is 75.6 cm³/mol. The van der Waals surface area contributed by atoms with Crippen LogP contribution in [-0.4, -0.2) is 12.5 Å². The van der Waals surface area contributed by atoms with E-state index >= 15 is 0 Å². The summed E-state index contributed by atoms with van der Waals surface area (Å²) in [4.78, 5) is 11.6. The van der Waals surface area contributed by atoms with E-state index in [0.717, 1.165) is 11.3 Å². The molecule has 0 saturated carbocycles. The Morgan fingerprint density at radius 2 is 2.00 bits per heavy atom. The zero-order valence-corrected chi connectivity index (χ0v) is 11.2. The highest BCUT2D eigenvalue weighted by atomic mass is 19.1. The minimum atomic E-state index is -0.255. The third-order valence-corrected chi connectivity index (χ3v) is 2.79. The largest absolute Gasteiger partial charge is 0.462 e. The molecule has 0 unspecified atom stereocenters. The fraction of sp³-hybridized carbons (Fsp3) is 0.188. The average molecular weight is 273 g/mol. The molecule has 0 atom stereocenters. The van der Waals surface area contributed by atoms with Gasteiger partial charge in [-0.3, -0.25) is 4.79 Å². The maximum atomic E-state index is 12.7. The summed E-state index contributed by atoms with van der Waals surface area (Å²) in [5.41, 5.74) is 0.984. The van der Waals surface area contributed by atoms with Crippen LogP contribution in [0.5, 0.6) is 0 Å². The molecule has 2 aromatic rings. The average Bonchev–Trinajstić information content (AvgIpc) is 2.85. The van der Waals surface area contributed by atoms with Gasteiger partial charge >= 0.3 is 0 Å². The van der Waals surface area contributed by atoms with Crippen molar-refractivity contribution in [3.63, 3.8) is 0 Å². The molecule has 1 heterocycles. The Bertz CT molecular complexity index is 599. The van der Waals surface area contributed by atoms with Gasteiger partial charge in [0.2, 0.25) is 5.91 Å². The van der Waals surface area contributed by atoms with Crippen LogP contribution < -0.4 is 5.32 Å². The number of furan rings is 1. The van der Waals surface area contributed by atoms with Crippen molar-refractivity contribution in [3.8, 4) is 0 Å². The zero-order valence-electron chi connectivity index (χ0n) is 11.2. The number of hydrogen-bond acceptors (Lipinski definition) is 2. The maximum absolute atomic E-state index is 12.7. The summed E-state index contributed by atoms with van der Waals surface area (Å²) < 4.78 is 18.0. The quantitative estimate of drug-likeness (QED) is 0.851. The van der Waals surface area contributed by atoms with Gasteiger partial charge in [-0.25, -0.2) is 4.39 Å². The van der Waals surface area contributed by atoms with Gasteiger partial charge in [-0.2, -0.15) is 0 Å². The third kappa shape index (κ3) is 4.39. The first-order chi connectivity index (χ1) is 9.63. The van der Waals surface area contributed by atoms with Gasteiger partial charge in [0.15, 0.2) is 0 Å². The molecule has 0 aliphatic carbocycles. The van der Waals surface area contributed by atoms with E-state index in [4.69, 9.17) is 4.42 Å². The molecule has 2 rings (SSSR count). The van der Waals surface area contributed by atoms with Crippen molar-refractivity contribution in [1.29, 1.82) is 0 Å². The number of hydrogen-bond donors (Lipinski definition) is 1. The molecule has 0 saturated heterocycles. The number of aryl methyl sites for hydroxylation is 1. The monoisotopic (exact) mass is 273 g/mol. The lowest BCUT2D eigenvalue weighted by atomic mass is 10.1. The Kier molecular flexibility index (Phi) is 4.71. The number of rotatable bonds is 5. The number of halogens is 1. The summed E-state index contributed by atoms with van der Waals surface area (Å²) >= 11 is 0. The topological polar surface area (TPSA) is 42.2 Å². The molecule has 4 heteroatoms. The maximum Gasteiger partial charge on any atom is 0.244 e. The smallest absolute Gasteiger partial charge is 0.244 e. The molecule has 0 spiro atoms. The molecular weight excluding hydrogens is 257 g/mol. The minimum absolute atomic E-state index is 0.179. The van der Waals surface area contributed by atoms with Gasteiger partial charge in [0, 0.05) is 12.6 Å². The fourth-order valence-corrected chi connectivity index (χ4v) is 1.74. The Balaban J connectivity index is 1.75. The van der Waals surface area contributed by atoms with Crippen molar-refractivity contribution in [2.24, 2.45) is 0 Å². The second-order valence-corrected chi connectivity index (χ2v) is 4.45. The Labute approximate surface area is 117 Å². The lowest BCUT2D eigenvalue weighted by molar-refractivity contribution is -0.116. The van der Waals surface area contributed by atoms with Crippen molar-refractivity contribution in [1.82, 2.24) is 5.32 Å². The van der Waals surface area contributed by atoms with Crippen LogP contribution in [0, 0.1) is 12.7 Å². The summed E-state index contributed by atoms with van der Waals surface area (Å²) in [7, 11) is 0. The van der Waals surface area contributed by atoms with Crippen LogP contribution >= 0.6 is 0 Å². The van der Waals surface area contributed by atoms with Crippen LogP contribution in [0.3, 0.4) is 0 Å². The molecule has 0 radical (unpaired) electrons. The second-order valence-electron chi connectivity index (χ2n) is 4.45. The van der Waals surface area contributed by atoms with Gasteiger partial charge in [-0.15, -0.1) is 0 Å². The lowest BCUT2D eigenvalue weighted by Gasteiger charge is -2.02. The first-order valence-corrected chi connectivity index (χ1v) is 6.40. The highest BCUT2D eigenvalue weighted by Crippen LogP contribution is 2.07. The van der Waals surface area contributed by atoms with Crippen LogP contribution in [0.25, 0.3) is 6.08 Å². The predicted octanol–water partition coefficient (Wildman–Crippen LogP) is 3.10. The summed E-state index contributed by atoms with van der Waals surface area (Å²) in [6.45, 7) is 2.35. The first-order valence-electron chi connectivity index (χ1n) is 6.40. The summed E-state index contributed by atoms with van der Waals surface area (Å²) in [5.74, 6) is 1.02. The zero-order chi connectivity index (χ0) is 14.4. The van der Waals surface area contributed by atoms with Crippen LogP contribution in [-0.2, 0) is 11.2 Å². The van der Waals surface area contributed by atoms with Gasteiger partial charge in [0.25, 0.3) is 0 Å². The highest BCUT2D eigenvalue weighted by Gasteiger charge is 1.98. The molecule has 1 aromatic carbocycles. The van der Waals surface area contributed by atoms with E-state index in [1.54, 1.807) is 24.3 Å². The van der Waals surface area contributed by atoms with E-state index in [0.29, 0.717) is 18.7 Å². The van der Waals surface area contributed by atoms with Gasteiger partial charge in [0.05, 0.1) is 0 Å². The molecule has 0 fully saturated rings. The summed E-state index contributed by atoms with van der Waals surface area (Å²) in [6, 6.07) is 9.89. The minimum Gasteiger partial charge on any atom is -0.462 e. The number of nitrogens with one attached hydrogen (secondary N) is 1. The fourth-order valence-electron chi connectivity index (χ4n) is 1.74. The SMILES string of the molecule is Cc1ccc(/C=C/C(=O)NCCc2ccc(F)cc2)o1.